The molecule has 6 heteroatoms. The van der Waals surface area contributed by atoms with E-state index in [0.29, 0.717) is 17.6 Å². The Hall–Kier alpha value is -2.21. The SMILES string of the molecule is Cc1ccc(S(=O)n2ccc3c(N(C)[C@@H]4CCCCC4C)ncnc32)cc1. The molecule has 1 aliphatic rings. The highest BCUT2D eigenvalue weighted by atomic mass is 32.2. The van der Waals surface area contributed by atoms with Crippen molar-refractivity contribution >= 4 is 27.8 Å². The van der Waals surface area contributed by atoms with Gasteiger partial charge in [-0.1, -0.05) is 37.5 Å². The van der Waals surface area contributed by atoms with Crippen LogP contribution in [0.15, 0.2) is 47.8 Å². The highest BCUT2D eigenvalue weighted by Gasteiger charge is 2.27. The summed E-state index contributed by atoms with van der Waals surface area (Å²) in [7, 11) is 0.804. The number of rotatable bonds is 4. The van der Waals surface area contributed by atoms with Gasteiger partial charge in [0.05, 0.1) is 10.3 Å². The van der Waals surface area contributed by atoms with Gasteiger partial charge in [0, 0.05) is 19.3 Å². The summed E-state index contributed by atoms with van der Waals surface area (Å²) in [6, 6.07) is 10.3. The molecular formula is C21H26N4OS. The lowest BCUT2D eigenvalue weighted by molar-refractivity contribution is 0.321. The molecule has 2 unspecified atom stereocenters. The molecule has 1 aliphatic carbocycles. The molecule has 0 spiro atoms. The van der Waals surface area contributed by atoms with E-state index in [0.717, 1.165) is 21.7 Å². The van der Waals surface area contributed by atoms with Gasteiger partial charge in [-0.05, 0) is 43.9 Å². The molecule has 2 aromatic heterocycles. The molecule has 3 atom stereocenters. The summed E-state index contributed by atoms with van der Waals surface area (Å²) >= 11 is 0. The topological polar surface area (TPSA) is 51.0 Å². The maximum absolute atomic E-state index is 13.1. The van der Waals surface area contributed by atoms with Crippen molar-refractivity contribution in [1.82, 2.24) is 13.9 Å². The van der Waals surface area contributed by atoms with Gasteiger partial charge in [0.15, 0.2) is 16.6 Å². The zero-order valence-corrected chi connectivity index (χ0v) is 16.9. The van der Waals surface area contributed by atoms with E-state index in [1.54, 1.807) is 10.3 Å². The van der Waals surface area contributed by atoms with Crippen molar-refractivity contribution in [2.75, 3.05) is 11.9 Å². The fourth-order valence-electron chi connectivity index (χ4n) is 4.13. The summed E-state index contributed by atoms with van der Waals surface area (Å²) in [6.45, 7) is 4.36. The van der Waals surface area contributed by atoms with Crippen LogP contribution in [0, 0.1) is 12.8 Å². The molecule has 3 aromatic rings. The predicted molar refractivity (Wildman–Crippen MR) is 110 cm³/mol. The van der Waals surface area contributed by atoms with Crippen molar-refractivity contribution in [3.8, 4) is 0 Å². The molecule has 27 heavy (non-hydrogen) atoms. The fourth-order valence-corrected chi connectivity index (χ4v) is 5.20. The third kappa shape index (κ3) is 3.38. The van der Waals surface area contributed by atoms with Crippen molar-refractivity contribution in [1.29, 1.82) is 0 Å². The van der Waals surface area contributed by atoms with Crippen LogP contribution in [0.5, 0.6) is 0 Å². The van der Waals surface area contributed by atoms with Gasteiger partial charge in [-0.3, -0.25) is 0 Å². The van der Waals surface area contributed by atoms with Crippen LogP contribution < -0.4 is 4.90 Å². The highest BCUT2D eigenvalue weighted by molar-refractivity contribution is 7.83. The summed E-state index contributed by atoms with van der Waals surface area (Å²) in [5.74, 6) is 1.58. The van der Waals surface area contributed by atoms with Crippen LogP contribution in [0.2, 0.25) is 0 Å². The Bertz CT molecular complexity index is 966. The van der Waals surface area contributed by atoms with Crippen LogP contribution in [0.25, 0.3) is 11.0 Å². The number of anilines is 1. The molecule has 1 saturated carbocycles. The third-order valence-electron chi connectivity index (χ3n) is 5.73. The van der Waals surface area contributed by atoms with Gasteiger partial charge >= 0.3 is 0 Å². The second-order valence-electron chi connectivity index (χ2n) is 7.58. The lowest BCUT2D eigenvalue weighted by Crippen LogP contribution is -2.39. The van der Waals surface area contributed by atoms with E-state index in [1.807, 2.05) is 43.5 Å². The van der Waals surface area contributed by atoms with Gasteiger partial charge in [0.1, 0.15) is 12.1 Å². The van der Waals surface area contributed by atoms with Crippen LogP contribution in [0.1, 0.15) is 38.2 Å². The minimum absolute atomic E-state index is 0.489. The molecule has 4 rings (SSSR count). The van der Waals surface area contributed by atoms with Gasteiger partial charge in [0.2, 0.25) is 0 Å². The predicted octanol–water partition coefficient (Wildman–Crippen LogP) is 4.33. The molecule has 2 heterocycles. The largest absolute Gasteiger partial charge is 0.356 e. The highest BCUT2D eigenvalue weighted by Crippen LogP contribution is 2.33. The molecule has 1 aromatic carbocycles. The number of hydrogen-bond donors (Lipinski definition) is 0. The maximum Gasteiger partial charge on any atom is 0.158 e. The Labute approximate surface area is 163 Å². The fraction of sp³-hybridized carbons (Fsp3) is 0.429. The monoisotopic (exact) mass is 382 g/mol. The Morgan fingerprint density at radius 3 is 2.59 bits per heavy atom. The van der Waals surface area contributed by atoms with Gasteiger partial charge in [-0.15, -0.1) is 0 Å². The summed E-state index contributed by atoms with van der Waals surface area (Å²) in [4.78, 5) is 12.1. The van der Waals surface area contributed by atoms with Crippen LogP contribution >= 0.6 is 0 Å². The van der Waals surface area contributed by atoms with E-state index < -0.39 is 11.0 Å². The van der Waals surface area contributed by atoms with Crippen LogP contribution in [0.3, 0.4) is 0 Å². The Morgan fingerprint density at radius 1 is 1.11 bits per heavy atom. The normalized spacial score (nSPS) is 21.3. The third-order valence-corrected chi connectivity index (χ3v) is 7.05. The number of benzene rings is 1. The number of aryl methyl sites for hydroxylation is 1. The quantitative estimate of drug-likeness (QED) is 0.674. The number of fused-ring (bicyclic) bond motifs is 1. The minimum Gasteiger partial charge on any atom is -0.356 e. The molecule has 0 amide bonds. The second kappa shape index (κ2) is 7.43. The van der Waals surface area contributed by atoms with Gasteiger partial charge < -0.3 is 4.90 Å². The van der Waals surface area contributed by atoms with Crippen molar-refractivity contribution in [3.05, 3.63) is 48.4 Å². The van der Waals surface area contributed by atoms with Gasteiger partial charge in [0.25, 0.3) is 0 Å². The Morgan fingerprint density at radius 2 is 1.85 bits per heavy atom. The average molecular weight is 383 g/mol. The molecule has 1 fully saturated rings. The first-order valence-corrected chi connectivity index (χ1v) is 10.7. The number of nitrogens with zero attached hydrogens (tertiary/aromatic N) is 4. The Kier molecular flexibility index (Phi) is 5.00. The molecule has 0 saturated heterocycles. The molecule has 0 bridgehead atoms. The van der Waals surface area contributed by atoms with Gasteiger partial charge in [-0.25, -0.2) is 18.1 Å². The maximum atomic E-state index is 13.1. The van der Waals surface area contributed by atoms with Crippen LogP contribution in [-0.4, -0.2) is 31.2 Å². The molecule has 0 radical (unpaired) electrons. The Balaban J connectivity index is 1.71. The van der Waals surface area contributed by atoms with E-state index in [1.165, 1.54) is 25.7 Å². The molecular weight excluding hydrogens is 356 g/mol. The lowest BCUT2D eigenvalue weighted by atomic mass is 9.85. The van der Waals surface area contributed by atoms with Crippen LogP contribution in [0.4, 0.5) is 5.82 Å². The van der Waals surface area contributed by atoms with E-state index in [9.17, 15) is 4.21 Å². The molecule has 142 valence electrons. The smallest absolute Gasteiger partial charge is 0.158 e. The van der Waals surface area contributed by atoms with E-state index in [-0.39, 0.29) is 0 Å². The first-order valence-electron chi connectivity index (χ1n) is 9.60. The zero-order chi connectivity index (χ0) is 19.0. The zero-order valence-electron chi connectivity index (χ0n) is 16.1. The van der Waals surface area contributed by atoms with Crippen molar-refractivity contribution in [2.24, 2.45) is 5.92 Å². The van der Waals surface area contributed by atoms with Crippen molar-refractivity contribution in [3.63, 3.8) is 0 Å². The minimum atomic E-state index is -1.32. The van der Waals surface area contributed by atoms with Crippen LogP contribution in [-0.2, 0) is 11.0 Å². The average Bonchev–Trinajstić information content (AvgIpc) is 3.12. The molecule has 0 aliphatic heterocycles. The van der Waals surface area contributed by atoms with Crippen molar-refractivity contribution < 1.29 is 4.21 Å². The lowest BCUT2D eigenvalue weighted by Gasteiger charge is -2.37. The summed E-state index contributed by atoms with van der Waals surface area (Å²) < 4.78 is 14.8. The van der Waals surface area contributed by atoms with Crippen molar-refractivity contribution in [2.45, 2.75) is 50.5 Å². The number of hydrogen-bond acceptors (Lipinski definition) is 4. The molecule has 0 N–H and O–H groups in total. The van der Waals surface area contributed by atoms with E-state index in [4.69, 9.17) is 0 Å². The first kappa shape index (κ1) is 18.2. The number of aromatic nitrogens is 3. The first-order chi connectivity index (χ1) is 13.1. The second-order valence-corrected chi connectivity index (χ2v) is 8.94. The summed E-state index contributed by atoms with van der Waals surface area (Å²) in [6.07, 6.45) is 8.49. The summed E-state index contributed by atoms with van der Waals surface area (Å²) in [5, 5.41) is 0.957. The van der Waals surface area contributed by atoms with E-state index >= 15 is 0 Å². The molecule has 5 nitrogen and oxygen atoms in total. The standard InChI is InChI=1S/C21H26N4OS/c1-15-8-10-17(11-9-15)27(26)25-13-12-18-20(22-14-23-21(18)25)24(3)19-7-5-4-6-16(19)2/h8-14,16,19H,4-7H2,1-3H3/t16?,19-,27?/m1/s1. The van der Waals surface area contributed by atoms with E-state index in [2.05, 4.69) is 28.8 Å². The summed E-state index contributed by atoms with van der Waals surface area (Å²) in [5.41, 5.74) is 1.87. The van der Waals surface area contributed by atoms with Gasteiger partial charge in [-0.2, -0.15) is 0 Å².